The Hall–Kier alpha value is -2.08. The van der Waals surface area contributed by atoms with Gasteiger partial charge in [0.1, 0.15) is 0 Å². The first kappa shape index (κ1) is 18.7. The Morgan fingerprint density at radius 3 is 2.58 bits per heavy atom. The third-order valence-corrected chi connectivity index (χ3v) is 5.49. The zero-order chi connectivity index (χ0) is 18.4. The summed E-state index contributed by atoms with van der Waals surface area (Å²) in [7, 11) is 0. The standard InChI is InChI=1S/C20H29N3O3/c24-19(25)17-10-4-5-11-18(17)22-20(26)21-16-9-6-12-23(14-16)13-15-7-2-1-3-8-15/h1-3,7-8,16-18H,4-6,9-14H2,(H,24,25)(H2,21,22,26). The Kier molecular flexibility index (Phi) is 6.50. The Labute approximate surface area is 155 Å². The molecule has 0 spiro atoms. The number of hydrogen-bond acceptors (Lipinski definition) is 3. The zero-order valence-corrected chi connectivity index (χ0v) is 15.2. The van der Waals surface area contributed by atoms with Gasteiger partial charge in [0.2, 0.25) is 0 Å². The summed E-state index contributed by atoms with van der Waals surface area (Å²) in [6.45, 7) is 2.76. The smallest absolute Gasteiger partial charge is 0.315 e. The van der Waals surface area contributed by atoms with Crippen LogP contribution in [-0.2, 0) is 11.3 Å². The van der Waals surface area contributed by atoms with E-state index in [9.17, 15) is 14.7 Å². The van der Waals surface area contributed by atoms with Crippen LogP contribution in [0.25, 0.3) is 0 Å². The maximum Gasteiger partial charge on any atom is 0.315 e. The minimum Gasteiger partial charge on any atom is -0.481 e. The van der Waals surface area contributed by atoms with Crippen LogP contribution < -0.4 is 10.6 Å². The zero-order valence-electron chi connectivity index (χ0n) is 15.2. The summed E-state index contributed by atoms with van der Waals surface area (Å²) in [5.74, 6) is -1.27. The first-order valence-electron chi connectivity index (χ1n) is 9.68. The largest absolute Gasteiger partial charge is 0.481 e. The van der Waals surface area contributed by atoms with E-state index in [1.807, 2.05) is 18.2 Å². The topological polar surface area (TPSA) is 81.7 Å². The Bertz CT molecular complexity index is 608. The molecule has 26 heavy (non-hydrogen) atoms. The van der Waals surface area contributed by atoms with Crippen LogP contribution in [0.2, 0.25) is 0 Å². The summed E-state index contributed by atoms with van der Waals surface area (Å²) in [5, 5.41) is 15.3. The van der Waals surface area contributed by atoms with E-state index in [1.54, 1.807) is 0 Å². The molecule has 142 valence electrons. The minimum atomic E-state index is -0.804. The number of nitrogens with one attached hydrogen (secondary N) is 2. The third-order valence-electron chi connectivity index (χ3n) is 5.49. The van der Waals surface area contributed by atoms with Crippen LogP contribution >= 0.6 is 0 Å². The summed E-state index contributed by atoms with van der Waals surface area (Å²) < 4.78 is 0. The number of rotatable bonds is 5. The third kappa shape index (κ3) is 5.21. The molecule has 0 aromatic heterocycles. The molecule has 3 rings (SSSR count). The number of amides is 2. The number of aliphatic carboxylic acids is 1. The molecule has 0 bridgehead atoms. The highest BCUT2D eigenvalue weighted by Gasteiger charge is 2.32. The van der Waals surface area contributed by atoms with Gasteiger partial charge in [-0.25, -0.2) is 4.79 Å². The molecule has 1 aromatic carbocycles. The molecule has 3 unspecified atom stereocenters. The van der Waals surface area contributed by atoms with Gasteiger partial charge in [-0.15, -0.1) is 0 Å². The van der Waals surface area contributed by atoms with Crippen molar-refractivity contribution in [1.29, 1.82) is 0 Å². The molecule has 6 heteroatoms. The van der Waals surface area contributed by atoms with Gasteiger partial charge in [0.05, 0.1) is 5.92 Å². The summed E-state index contributed by atoms with van der Waals surface area (Å²) in [4.78, 5) is 26.1. The molecule has 1 aromatic rings. The molecular formula is C20H29N3O3. The summed E-state index contributed by atoms with van der Waals surface area (Å²) >= 11 is 0. The first-order chi connectivity index (χ1) is 12.6. The number of piperidine rings is 1. The van der Waals surface area contributed by atoms with Crippen molar-refractivity contribution in [3.8, 4) is 0 Å². The van der Waals surface area contributed by atoms with Crippen molar-refractivity contribution in [2.75, 3.05) is 13.1 Å². The van der Waals surface area contributed by atoms with E-state index >= 15 is 0 Å². The van der Waals surface area contributed by atoms with Gasteiger partial charge in [-0.1, -0.05) is 43.2 Å². The van der Waals surface area contributed by atoms with Gasteiger partial charge in [0.25, 0.3) is 0 Å². The number of urea groups is 1. The molecule has 2 amide bonds. The van der Waals surface area contributed by atoms with Crippen LogP contribution in [-0.4, -0.2) is 47.2 Å². The molecule has 6 nitrogen and oxygen atoms in total. The molecule has 1 aliphatic heterocycles. The van der Waals surface area contributed by atoms with Crippen molar-refractivity contribution in [2.24, 2.45) is 5.92 Å². The van der Waals surface area contributed by atoms with E-state index in [0.29, 0.717) is 6.42 Å². The maximum absolute atomic E-state index is 12.4. The fraction of sp³-hybridized carbons (Fsp3) is 0.600. The van der Waals surface area contributed by atoms with E-state index in [-0.39, 0.29) is 18.1 Å². The van der Waals surface area contributed by atoms with Crippen molar-refractivity contribution >= 4 is 12.0 Å². The van der Waals surface area contributed by atoms with Crippen LogP contribution in [0, 0.1) is 5.92 Å². The van der Waals surface area contributed by atoms with Crippen molar-refractivity contribution in [3.63, 3.8) is 0 Å². The predicted octanol–water partition coefficient (Wildman–Crippen LogP) is 2.59. The highest BCUT2D eigenvalue weighted by molar-refractivity contribution is 5.77. The molecule has 0 radical (unpaired) electrons. The highest BCUT2D eigenvalue weighted by Crippen LogP contribution is 2.24. The van der Waals surface area contributed by atoms with E-state index in [0.717, 1.165) is 51.7 Å². The second-order valence-electron chi connectivity index (χ2n) is 7.51. The number of carboxylic acids is 1. The van der Waals surface area contributed by atoms with Gasteiger partial charge in [-0.3, -0.25) is 9.69 Å². The lowest BCUT2D eigenvalue weighted by Gasteiger charge is -2.34. The number of hydrogen-bond donors (Lipinski definition) is 3. The molecule has 1 saturated heterocycles. The van der Waals surface area contributed by atoms with Gasteiger partial charge in [-0.2, -0.15) is 0 Å². The van der Waals surface area contributed by atoms with E-state index < -0.39 is 11.9 Å². The first-order valence-corrected chi connectivity index (χ1v) is 9.68. The number of benzene rings is 1. The predicted molar refractivity (Wildman–Crippen MR) is 99.8 cm³/mol. The van der Waals surface area contributed by atoms with Crippen LogP contribution in [0.15, 0.2) is 30.3 Å². The molecular weight excluding hydrogens is 330 g/mol. The fourth-order valence-corrected chi connectivity index (χ4v) is 4.15. The number of likely N-dealkylation sites (tertiary alicyclic amines) is 1. The Balaban J connectivity index is 1.48. The Morgan fingerprint density at radius 2 is 1.81 bits per heavy atom. The molecule has 1 saturated carbocycles. The van der Waals surface area contributed by atoms with Gasteiger partial charge >= 0.3 is 12.0 Å². The quantitative estimate of drug-likeness (QED) is 0.755. The van der Waals surface area contributed by atoms with Crippen molar-refractivity contribution in [1.82, 2.24) is 15.5 Å². The second-order valence-corrected chi connectivity index (χ2v) is 7.51. The number of carbonyl (C=O) groups is 2. The van der Waals surface area contributed by atoms with Crippen molar-refractivity contribution < 1.29 is 14.7 Å². The second kappa shape index (κ2) is 9.03. The molecule has 2 fully saturated rings. The van der Waals surface area contributed by atoms with E-state index in [4.69, 9.17) is 0 Å². The number of nitrogens with zero attached hydrogens (tertiary/aromatic N) is 1. The molecule has 1 aliphatic carbocycles. The van der Waals surface area contributed by atoms with Crippen LogP contribution in [0.3, 0.4) is 0 Å². The number of carboxylic acid groups (broad SMARTS) is 1. The normalized spacial score (nSPS) is 26.8. The summed E-state index contributed by atoms with van der Waals surface area (Å²) in [6.07, 6.45) is 5.31. The SMILES string of the molecule is O=C(NC1CCCN(Cc2ccccc2)C1)NC1CCCCC1C(=O)O. The lowest BCUT2D eigenvalue weighted by Crippen LogP contribution is -2.54. The van der Waals surface area contributed by atoms with E-state index in [1.165, 1.54) is 5.56 Å². The molecule has 3 N–H and O–H groups in total. The molecule has 1 heterocycles. The highest BCUT2D eigenvalue weighted by atomic mass is 16.4. The average molecular weight is 359 g/mol. The summed E-state index contributed by atoms with van der Waals surface area (Å²) in [6, 6.07) is 9.98. The van der Waals surface area contributed by atoms with Crippen LogP contribution in [0.1, 0.15) is 44.1 Å². The lowest BCUT2D eigenvalue weighted by molar-refractivity contribution is -0.143. The molecule has 2 aliphatic rings. The average Bonchev–Trinajstić information content (AvgIpc) is 2.63. The van der Waals surface area contributed by atoms with E-state index in [2.05, 4.69) is 27.7 Å². The van der Waals surface area contributed by atoms with Crippen LogP contribution in [0.5, 0.6) is 0 Å². The Morgan fingerprint density at radius 1 is 1.04 bits per heavy atom. The monoisotopic (exact) mass is 359 g/mol. The van der Waals surface area contributed by atoms with Crippen LogP contribution in [0.4, 0.5) is 4.79 Å². The fourth-order valence-electron chi connectivity index (χ4n) is 4.15. The lowest BCUT2D eigenvalue weighted by atomic mass is 9.84. The minimum absolute atomic E-state index is 0.110. The molecule has 3 atom stereocenters. The van der Waals surface area contributed by atoms with Gasteiger partial charge in [0.15, 0.2) is 0 Å². The van der Waals surface area contributed by atoms with Gasteiger partial charge < -0.3 is 15.7 Å². The van der Waals surface area contributed by atoms with Crippen molar-refractivity contribution in [3.05, 3.63) is 35.9 Å². The number of carbonyl (C=O) groups excluding carboxylic acids is 1. The summed E-state index contributed by atoms with van der Waals surface area (Å²) in [5.41, 5.74) is 1.28. The van der Waals surface area contributed by atoms with Gasteiger partial charge in [0, 0.05) is 25.2 Å². The van der Waals surface area contributed by atoms with Crippen molar-refractivity contribution in [2.45, 2.75) is 57.2 Å². The van der Waals surface area contributed by atoms with Gasteiger partial charge in [-0.05, 0) is 37.8 Å². The maximum atomic E-state index is 12.4.